The van der Waals surface area contributed by atoms with Crippen LogP contribution in [0.2, 0.25) is 0 Å². The number of anilines is 2. The molecule has 5 unspecified atom stereocenters. The Labute approximate surface area is 183 Å². The number of thiazole rings is 1. The summed E-state index contributed by atoms with van der Waals surface area (Å²) in [4.78, 5) is 14.0. The summed E-state index contributed by atoms with van der Waals surface area (Å²) in [5.41, 5.74) is 1.65. The van der Waals surface area contributed by atoms with Crippen molar-refractivity contribution in [2.75, 3.05) is 30.3 Å². The van der Waals surface area contributed by atoms with Gasteiger partial charge in [-0.3, -0.25) is 0 Å². The van der Waals surface area contributed by atoms with Gasteiger partial charge in [-0.1, -0.05) is 12.1 Å². The van der Waals surface area contributed by atoms with Crippen LogP contribution in [0.15, 0.2) is 30.5 Å². The zero-order valence-corrected chi connectivity index (χ0v) is 17.7. The molecule has 1 aliphatic carbocycles. The highest BCUT2D eigenvalue weighted by atomic mass is 32.1. The van der Waals surface area contributed by atoms with Crippen LogP contribution in [0.1, 0.15) is 12.8 Å². The van der Waals surface area contributed by atoms with E-state index in [9.17, 15) is 15.3 Å². The number of para-hydroxylation sites is 1. The third-order valence-corrected chi connectivity index (χ3v) is 7.13. The number of benzene rings is 1. The lowest BCUT2D eigenvalue weighted by Gasteiger charge is -2.21. The van der Waals surface area contributed by atoms with Gasteiger partial charge in [-0.2, -0.15) is 4.98 Å². The van der Waals surface area contributed by atoms with Crippen LogP contribution in [0.5, 0.6) is 0 Å². The van der Waals surface area contributed by atoms with E-state index in [-0.39, 0.29) is 18.6 Å². The molecule has 6 N–H and O–H groups in total. The Kier molecular flexibility index (Phi) is 5.72. The van der Waals surface area contributed by atoms with Crippen molar-refractivity contribution in [3.05, 3.63) is 30.5 Å². The molecule has 0 radical (unpaired) electrons. The topological polar surface area (TPSA) is 135 Å². The van der Waals surface area contributed by atoms with Crippen molar-refractivity contribution in [3.63, 3.8) is 0 Å². The highest BCUT2D eigenvalue weighted by Crippen LogP contribution is 2.36. The molecule has 1 saturated heterocycles. The van der Waals surface area contributed by atoms with Gasteiger partial charge in [-0.05, 0) is 31.5 Å². The summed E-state index contributed by atoms with van der Waals surface area (Å²) in [6.45, 7) is 1.64. The molecule has 164 valence electrons. The minimum Gasteiger partial charge on any atom is -0.396 e. The zero-order valence-electron chi connectivity index (χ0n) is 16.9. The van der Waals surface area contributed by atoms with Crippen molar-refractivity contribution < 1.29 is 15.3 Å². The number of rotatable bonds is 6. The maximum atomic E-state index is 10.5. The Balaban J connectivity index is 1.49. The smallest absolute Gasteiger partial charge is 0.224 e. The molecule has 0 spiro atoms. The number of hydrogen-bond donors (Lipinski definition) is 6. The van der Waals surface area contributed by atoms with Crippen molar-refractivity contribution in [3.8, 4) is 10.6 Å². The molecule has 5 rings (SSSR count). The maximum absolute atomic E-state index is 10.5. The van der Waals surface area contributed by atoms with Crippen LogP contribution in [-0.2, 0) is 0 Å². The SMILES string of the molecule is OCC1CC(Nc2nc(NC3CCNC3)ncc2-c2nc3ccccc3s2)C(O)C1O. The minimum atomic E-state index is -0.995. The van der Waals surface area contributed by atoms with E-state index in [1.165, 1.54) is 0 Å². The molecule has 9 nitrogen and oxygen atoms in total. The van der Waals surface area contributed by atoms with E-state index in [0.29, 0.717) is 18.2 Å². The van der Waals surface area contributed by atoms with Gasteiger partial charge in [0.2, 0.25) is 5.95 Å². The lowest BCUT2D eigenvalue weighted by atomic mass is 10.1. The fourth-order valence-corrected chi connectivity index (χ4v) is 5.27. The summed E-state index contributed by atoms with van der Waals surface area (Å²) < 4.78 is 1.07. The average Bonchev–Trinajstić information content (AvgIpc) is 3.50. The molecule has 1 aromatic carbocycles. The summed E-state index contributed by atoms with van der Waals surface area (Å²) in [5.74, 6) is 0.688. The molecular weight excluding hydrogens is 416 g/mol. The molecule has 2 aliphatic rings. The molecule has 3 aromatic rings. The second-order valence-corrected chi connectivity index (χ2v) is 9.22. The van der Waals surface area contributed by atoms with Crippen molar-refractivity contribution in [1.82, 2.24) is 20.3 Å². The molecule has 1 aliphatic heterocycles. The summed E-state index contributed by atoms with van der Waals surface area (Å²) in [6.07, 6.45) is 1.22. The molecule has 1 saturated carbocycles. The number of hydrogen-bond acceptors (Lipinski definition) is 10. The van der Waals surface area contributed by atoms with E-state index in [4.69, 9.17) is 9.97 Å². The standard InChI is InChI=1S/C21H26N6O3S/c28-10-11-7-15(18(30)17(11)29)25-19-13(20-26-14-3-1-2-4-16(14)31-20)9-23-21(27-19)24-12-5-6-22-8-12/h1-4,9,11-12,15,17-18,22,28-30H,5-8,10H2,(H2,23,24,25,27). The third-order valence-electron chi connectivity index (χ3n) is 6.07. The lowest BCUT2D eigenvalue weighted by molar-refractivity contribution is 0.00446. The molecule has 2 aromatic heterocycles. The summed E-state index contributed by atoms with van der Waals surface area (Å²) in [6, 6.07) is 7.75. The molecule has 31 heavy (non-hydrogen) atoms. The van der Waals surface area contributed by atoms with Gasteiger partial charge in [0, 0.05) is 31.3 Å². The Bertz CT molecular complexity index is 1020. The van der Waals surface area contributed by atoms with Gasteiger partial charge in [0.15, 0.2) is 0 Å². The van der Waals surface area contributed by atoms with E-state index in [2.05, 4.69) is 20.9 Å². The van der Waals surface area contributed by atoms with E-state index in [0.717, 1.165) is 40.3 Å². The third kappa shape index (κ3) is 4.09. The predicted octanol–water partition coefficient (Wildman–Crippen LogP) is 1.04. The molecule has 3 heterocycles. The highest BCUT2D eigenvalue weighted by Gasteiger charge is 2.41. The molecule has 10 heteroatoms. The first-order valence-corrected chi connectivity index (χ1v) is 11.4. The van der Waals surface area contributed by atoms with Gasteiger partial charge in [-0.25, -0.2) is 9.97 Å². The summed E-state index contributed by atoms with van der Waals surface area (Å²) in [5, 5.41) is 41.0. The molecular formula is C21H26N6O3S. The first-order chi connectivity index (χ1) is 15.1. The first kappa shape index (κ1) is 20.5. The number of nitrogens with zero attached hydrogens (tertiary/aromatic N) is 3. The second-order valence-electron chi connectivity index (χ2n) is 8.19. The molecule has 5 atom stereocenters. The summed E-state index contributed by atoms with van der Waals surface area (Å²) >= 11 is 1.55. The van der Waals surface area contributed by atoms with E-state index in [1.807, 2.05) is 24.3 Å². The largest absolute Gasteiger partial charge is 0.396 e. The van der Waals surface area contributed by atoms with Gasteiger partial charge in [0.1, 0.15) is 16.9 Å². The van der Waals surface area contributed by atoms with Gasteiger partial charge in [0.05, 0.1) is 27.9 Å². The van der Waals surface area contributed by atoms with Gasteiger partial charge in [0.25, 0.3) is 0 Å². The number of aliphatic hydroxyl groups excluding tert-OH is 3. The molecule has 0 amide bonds. The van der Waals surface area contributed by atoms with Crippen LogP contribution in [0.4, 0.5) is 11.8 Å². The fraction of sp³-hybridized carbons (Fsp3) is 0.476. The highest BCUT2D eigenvalue weighted by molar-refractivity contribution is 7.21. The number of nitrogens with one attached hydrogen (secondary N) is 3. The normalized spacial score (nSPS) is 28.3. The van der Waals surface area contributed by atoms with E-state index >= 15 is 0 Å². The lowest BCUT2D eigenvalue weighted by Crippen LogP contribution is -2.35. The molecule has 0 bridgehead atoms. The van der Waals surface area contributed by atoms with Crippen LogP contribution in [0.3, 0.4) is 0 Å². The quantitative estimate of drug-likeness (QED) is 0.331. The van der Waals surface area contributed by atoms with Crippen molar-refractivity contribution in [2.24, 2.45) is 5.92 Å². The minimum absolute atomic E-state index is 0.174. The first-order valence-electron chi connectivity index (χ1n) is 10.6. The van der Waals surface area contributed by atoms with Crippen molar-refractivity contribution >= 4 is 33.3 Å². The monoisotopic (exact) mass is 442 g/mol. The van der Waals surface area contributed by atoms with Crippen molar-refractivity contribution in [1.29, 1.82) is 0 Å². The van der Waals surface area contributed by atoms with Gasteiger partial charge < -0.3 is 31.3 Å². The molecule has 2 fully saturated rings. The summed E-state index contributed by atoms with van der Waals surface area (Å²) in [7, 11) is 0. The van der Waals surface area contributed by atoms with E-state index in [1.54, 1.807) is 17.5 Å². The van der Waals surface area contributed by atoms with Crippen LogP contribution in [0.25, 0.3) is 20.8 Å². The average molecular weight is 443 g/mol. The maximum Gasteiger partial charge on any atom is 0.224 e. The predicted molar refractivity (Wildman–Crippen MR) is 120 cm³/mol. The number of aromatic nitrogens is 3. The fourth-order valence-electron chi connectivity index (χ4n) is 4.29. The van der Waals surface area contributed by atoms with E-state index < -0.39 is 18.2 Å². The van der Waals surface area contributed by atoms with Gasteiger partial charge >= 0.3 is 0 Å². The Morgan fingerprint density at radius 2 is 2.00 bits per heavy atom. The Morgan fingerprint density at radius 1 is 1.13 bits per heavy atom. The zero-order chi connectivity index (χ0) is 21.4. The van der Waals surface area contributed by atoms with Gasteiger partial charge in [-0.15, -0.1) is 11.3 Å². The van der Waals surface area contributed by atoms with Crippen molar-refractivity contribution in [2.45, 2.75) is 37.1 Å². The van der Waals surface area contributed by atoms with Crippen LogP contribution in [-0.4, -0.2) is 74.3 Å². The Morgan fingerprint density at radius 3 is 2.74 bits per heavy atom. The van der Waals surface area contributed by atoms with Crippen LogP contribution < -0.4 is 16.0 Å². The Hall–Kier alpha value is -2.37. The number of aliphatic hydroxyl groups is 3. The second kappa shape index (κ2) is 8.64. The van der Waals surface area contributed by atoms with Crippen LogP contribution in [0, 0.1) is 5.92 Å². The number of fused-ring (bicyclic) bond motifs is 1. The van der Waals surface area contributed by atoms with Crippen LogP contribution >= 0.6 is 11.3 Å².